The van der Waals surface area contributed by atoms with Crippen LogP contribution in [0.3, 0.4) is 0 Å². The Morgan fingerprint density at radius 2 is 1.43 bits per heavy atom. The molecule has 0 spiro atoms. The molecule has 0 saturated heterocycles. The second kappa shape index (κ2) is 4.84. The third-order valence-electron chi connectivity index (χ3n) is 1.32. The maximum Gasteiger partial charge on any atom is 0 e. The van der Waals surface area contributed by atoms with Crippen molar-refractivity contribution in [2.75, 3.05) is 0 Å². The maximum absolute atomic E-state index is 2.39. The molecule has 0 aromatic carbocycles. The van der Waals surface area contributed by atoms with Crippen LogP contribution in [-0.4, -0.2) is 0 Å². The van der Waals surface area contributed by atoms with Crippen LogP contribution in [0.1, 0.15) is 32.1 Å². The van der Waals surface area contributed by atoms with E-state index in [2.05, 4.69) is 6.42 Å². The van der Waals surface area contributed by atoms with Crippen molar-refractivity contribution in [3.63, 3.8) is 0 Å². The summed E-state index contributed by atoms with van der Waals surface area (Å²) >= 11 is 0. The van der Waals surface area contributed by atoms with E-state index >= 15 is 0 Å². The smallest absolute Gasteiger partial charge is 0 e. The van der Waals surface area contributed by atoms with Gasteiger partial charge in [-0.3, -0.25) is 0 Å². The monoisotopic (exact) mass is 267 g/mol. The van der Waals surface area contributed by atoms with Gasteiger partial charge >= 0.3 is 0 Å². The second-order valence-corrected chi connectivity index (χ2v) is 1.93. The Balaban J connectivity index is 0.000000360. The molecule has 0 bridgehead atoms. The molecule has 0 aromatic heterocycles. The maximum atomic E-state index is 2.39. The van der Waals surface area contributed by atoms with E-state index in [1.54, 1.807) is 0 Å². The van der Waals surface area contributed by atoms with E-state index in [4.69, 9.17) is 0 Å². The van der Waals surface area contributed by atoms with Gasteiger partial charge in [0, 0.05) is 21.1 Å². The van der Waals surface area contributed by atoms with E-state index < -0.39 is 0 Å². The third-order valence-corrected chi connectivity index (χ3v) is 1.32. The number of rotatable bonds is 0. The molecule has 0 atom stereocenters. The van der Waals surface area contributed by atoms with Gasteiger partial charge in [0.1, 0.15) is 0 Å². The normalized spacial score (nSPS) is 20.6. The number of hydrogen-bond acceptors (Lipinski definition) is 0. The van der Waals surface area contributed by atoms with Crippen LogP contribution in [0.25, 0.3) is 0 Å². The molecule has 7 heavy (non-hydrogen) atoms. The van der Waals surface area contributed by atoms with E-state index in [0.29, 0.717) is 0 Å². The van der Waals surface area contributed by atoms with Crippen molar-refractivity contribution in [3.8, 4) is 0 Å². The van der Waals surface area contributed by atoms with Gasteiger partial charge in [-0.25, -0.2) is 0 Å². The molecule has 0 aromatic rings. The summed E-state index contributed by atoms with van der Waals surface area (Å²) < 4.78 is 0. The molecule has 1 fully saturated rings. The summed E-state index contributed by atoms with van der Waals surface area (Å²) in [6.07, 6.45) is 9.50. The molecular formula is C6H11W-. The Kier molecular flexibility index (Phi) is 5.31. The molecule has 1 aliphatic rings. The first-order chi connectivity index (χ1) is 3.00. The summed E-state index contributed by atoms with van der Waals surface area (Å²) in [5.41, 5.74) is 0. The molecule has 0 nitrogen and oxygen atoms in total. The first-order valence-electron chi connectivity index (χ1n) is 2.82. The van der Waals surface area contributed by atoms with Crippen molar-refractivity contribution < 1.29 is 21.1 Å². The summed E-state index contributed by atoms with van der Waals surface area (Å²) in [7, 11) is 0. The Labute approximate surface area is 59.9 Å². The third kappa shape index (κ3) is 3.29. The summed E-state index contributed by atoms with van der Waals surface area (Å²) in [5.74, 6) is 0. The minimum atomic E-state index is 0. The SMILES string of the molecule is [CH-]1CCCCC1.[W]. The minimum absolute atomic E-state index is 0. The van der Waals surface area contributed by atoms with Crippen LogP contribution in [0.4, 0.5) is 0 Å². The molecule has 0 N–H and O–H groups in total. The summed E-state index contributed by atoms with van der Waals surface area (Å²) in [4.78, 5) is 0. The first kappa shape index (κ1) is 7.69. The molecular weight excluding hydrogens is 256 g/mol. The fourth-order valence-corrected chi connectivity index (χ4v) is 0.898. The van der Waals surface area contributed by atoms with Gasteiger partial charge in [-0.15, -0.1) is 0 Å². The predicted molar refractivity (Wildman–Crippen MR) is 27.4 cm³/mol. The summed E-state index contributed by atoms with van der Waals surface area (Å²) in [6.45, 7) is 0. The number of hydrogen-bond donors (Lipinski definition) is 0. The van der Waals surface area contributed by atoms with Gasteiger partial charge in [-0.2, -0.15) is 12.8 Å². The molecule has 0 unspecified atom stereocenters. The Morgan fingerprint density at radius 3 is 1.57 bits per heavy atom. The van der Waals surface area contributed by atoms with E-state index in [0.717, 1.165) is 0 Å². The van der Waals surface area contributed by atoms with Gasteiger partial charge in [0.05, 0.1) is 0 Å². The minimum Gasteiger partial charge on any atom is -0.328 e. The standard InChI is InChI=1S/C6H11.W/c1-2-4-6-5-3-1;/h1H,2-6H2;/q-1;. The molecule has 1 heteroatoms. The van der Waals surface area contributed by atoms with Crippen LogP contribution in [0, 0.1) is 6.42 Å². The summed E-state index contributed by atoms with van der Waals surface area (Å²) in [6, 6.07) is 0. The fourth-order valence-electron chi connectivity index (χ4n) is 0.898. The first-order valence-corrected chi connectivity index (χ1v) is 2.82. The van der Waals surface area contributed by atoms with Crippen molar-refractivity contribution >= 4 is 0 Å². The molecule has 0 radical (unpaired) electrons. The van der Waals surface area contributed by atoms with Gasteiger partial charge in [-0.1, -0.05) is 19.3 Å². The zero-order valence-corrected chi connectivity index (χ0v) is 7.45. The molecule has 1 rings (SSSR count). The van der Waals surface area contributed by atoms with Gasteiger partial charge in [0.25, 0.3) is 0 Å². The summed E-state index contributed by atoms with van der Waals surface area (Å²) in [5, 5.41) is 0. The van der Waals surface area contributed by atoms with Crippen molar-refractivity contribution in [1.82, 2.24) is 0 Å². The predicted octanol–water partition coefficient (Wildman–Crippen LogP) is 2.15. The average Bonchev–Trinajstić information content (AvgIpc) is 1.72. The van der Waals surface area contributed by atoms with Crippen LogP contribution < -0.4 is 0 Å². The fraction of sp³-hybridized carbons (Fsp3) is 0.833. The van der Waals surface area contributed by atoms with Gasteiger partial charge in [-0.05, 0) is 0 Å². The molecule has 0 heterocycles. The van der Waals surface area contributed by atoms with Gasteiger partial charge < -0.3 is 6.42 Å². The molecule has 1 saturated carbocycles. The Hall–Kier alpha value is 0.688. The van der Waals surface area contributed by atoms with E-state index in [-0.39, 0.29) is 21.1 Å². The van der Waals surface area contributed by atoms with Gasteiger partial charge in [0.15, 0.2) is 0 Å². The largest absolute Gasteiger partial charge is 0.328 e. The van der Waals surface area contributed by atoms with Crippen molar-refractivity contribution in [2.24, 2.45) is 0 Å². The Bertz CT molecular complexity index is 19.7. The molecule has 0 amide bonds. The van der Waals surface area contributed by atoms with Crippen LogP contribution in [-0.2, 0) is 21.1 Å². The topological polar surface area (TPSA) is 0 Å². The van der Waals surface area contributed by atoms with Crippen LogP contribution in [0.2, 0.25) is 0 Å². The molecule has 1 aliphatic carbocycles. The van der Waals surface area contributed by atoms with Crippen molar-refractivity contribution in [1.29, 1.82) is 0 Å². The second-order valence-electron chi connectivity index (χ2n) is 1.93. The average molecular weight is 267 g/mol. The zero-order chi connectivity index (χ0) is 4.24. The van der Waals surface area contributed by atoms with Gasteiger partial charge in [0.2, 0.25) is 0 Å². The quantitative estimate of drug-likeness (QED) is 0.590. The zero-order valence-electron chi connectivity index (χ0n) is 4.52. The molecule has 42 valence electrons. The van der Waals surface area contributed by atoms with Crippen LogP contribution in [0.15, 0.2) is 0 Å². The Morgan fingerprint density at radius 1 is 0.857 bits per heavy atom. The van der Waals surface area contributed by atoms with Crippen molar-refractivity contribution in [2.45, 2.75) is 32.1 Å². The van der Waals surface area contributed by atoms with E-state index in [1.165, 1.54) is 32.1 Å². The molecule has 0 aliphatic heterocycles. The van der Waals surface area contributed by atoms with Crippen molar-refractivity contribution in [3.05, 3.63) is 6.42 Å². The van der Waals surface area contributed by atoms with Crippen LogP contribution >= 0.6 is 0 Å². The van der Waals surface area contributed by atoms with E-state index in [1.807, 2.05) is 0 Å². The van der Waals surface area contributed by atoms with E-state index in [9.17, 15) is 0 Å². The van der Waals surface area contributed by atoms with Crippen LogP contribution in [0.5, 0.6) is 0 Å².